The van der Waals surface area contributed by atoms with E-state index in [1.807, 2.05) is 11.9 Å². The highest BCUT2D eigenvalue weighted by Gasteiger charge is 2.21. The van der Waals surface area contributed by atoms with Gasteiger partial charge in [-0.25, -0.2) is 4.79 Å². The van der Waals surface area contributed by atoms with E-state index < -0.39 is 0 Å². The Morgan fingerprint density at radius 2 is 1.62 bits per heavy atom. The molecule has 1 aromatic carbocycles. The van der Waals surface area contributed by atoms with Crippen molar-refractivity contribution in [3.8, 4) is 0 Å². The summed E-state index contributed by atoms with van der Waals surface area (Å²) in [6, 6.07) is 9.05. The van der Waals surface area contributed by atoms with E-state index in [1.54, 1.807) is 0 Å². The Balaban J connectivity index is 1.79. The molecule has 0 unspecified atom stereocenters. The van der Waals surface area contributed by atoms with Crippen LogP contribution in [-0.2, 0) is 13.1 Å². The van der Waals surface area contributed by atoms with E-state index in [1.165, 1.54) is 24.8 Å². The molecular formula is C20H33N3O. The summed E-state index contributed by atoms with van der Waals surface area (Å²) in [7, 11) is 1.93. The van der Waals surface area contributed by atoms with Crippen LogP contribution in [-0.4, -0.2) is 42.0 Å². The summed E-state index contributed by atoms with van der Waals surface area (Å²) < 4.78 is 0. The van der Waals surface area contributed by atoms with Gasteiger partial charge >= 0.3 is 6.03 Å². The van der Waals surface area contributed by atoms with Gasteiger partial charge in [0, 0.05) is 26.2 Å². The Hall–Kier alpha value is -1.55. The highest BCUT2D eigenvalue weighted by molar-refractivity contribution is 5.74. The van der Waals surface area contributed by atoms with Crippen LogP contribution in [0, 0.1) is 0 Å². The summed E-state index contributed by atoms with van der Waals surface area (Å²) in [6.07, 6.45) is 6.09. The standard InChI is InChI=1S/C20H33N3O/c1-4-23(5-2)16-18-13-11-17(12-14-18)15-21-20(24)22(3)19-9-7-6-8-10-19/h11-14,19H,4-10,15-16H2,1-3H3,(H,21,24). The minimum absolute atomic E-state index is 0.0501. The molecule has 0 bridgehead atoms. The third-order valence-electron chi connectivity index (χ3n) is 5.21. The number of amides is 2. The molecule has 1 aromatic rings. The zero-order valence-corrected chi connectivity index (χ0v) is 15.6. The molecule has 4 nitrogen and oxygen atoms in total. The van der Waals surface area contributed by atoms with Gasteiger partial charge in [0.1, 0.15) is 0 Å². The molecule has 0 aromatic heterocycles. The summed E-state index contributed by atoms with van der Waals surface area (Å²) >= 11 is 0. The first kappa shape index (κ1) is 18.8. The Labute approximate surface area is 147 Å². The van der Waals surface area contributed by atoms with Crippen LogP contribution in [0.5, 0.6) is 0 Å². The molecule has 0 heterocycles. The van der Waals surface area contributed by atoms with Gasteiger partial charge in [0.05, 0.1) is 0 Å². The van der Waals surface area contributed by atoms with Crippen LogP contribution in [0.4, 0.5) is 4.79 Å². The van der Waals surface area contributed by atoms with Crippen molar-refractivity contribution in [1.82, 2.24) is 15.1 Å². The molecular weight excluding hydrogens is 298 g/mol. The molecule has 1 saturated carbocycles. The van der Waals surface area contributed by atoms with Crippen molar-refractivity contribution in [1.29, 1.82) is 0 Å². The van der Waals surface area contributed by atoms with E-state index in [2.05, 4.69) is 48.3 Å². The Bertz CT molecular complexity index is 490. The van der Waals surface area contributed by atoms with Gasteiger partial charge in [-0.05, 0) is 37.1 Å². The van der Waals surface area contributed by atoms with Gasteiger partial charge in [-0.3, -0.25) is 4.90 Å². The second-order valence-corrected chi connectivity index (χ2v) is 6.84. The van der Waals surface area contributed by atoms with Gasteiger partial charge in [0.15, 0.2) is 0 Å². The minimum atomic E-state index is 0.0501. The number of carbonyl (C=O) groups is 1. The van der Waals surface area contributed by atoms with Gasteiger partial charge in [-0.2, -0.15) is 0 Å². The molecule has 2 amide bonds. The minimum Gasteiger partial charge on any atom is -0.334 e. The normalized spacial score (nSPS) is 15.5. The molecule has 0 spiro atoms. The quantitative estimate of drug-likeness (QED) is 0.819. The Morgan fingerprint density at radius 1 is 1.04 bits per heavy atom. The highest BCUT2D eigenvalue weighted by Crippen LogP contribution is 2.21. The zero-order valence-electron chi connectivity index (χ0n) is 15.6. The smallest absolute Gasteiger partial charge is 0.317 e. The fraction of sp³-hybridized carbons (Fsp3) is 0.650. The van der Waals surface area contributed by atoms with Crippen LogP contribution in [0.2, 0.25) is 0 Å². The van der Waals surface area contributed by atoms with E-state index in [-0.39, 0.29) is 6.03 Å². The average Bonchev–Trinajstić information content (AvgIpc) is 2.65. The summed E-state index contributed by atoms with van der Waals surface area (Å²) in [5, 5.41) is 3.06. The number of benzene rings is 1. The van der Waals surface area contributed by atoms with E-state index >= 15 is 0 Å². The number of carbonyl (C=O) groups excluding carboxylic acids is 1. The molecule has 4 heteroatoms. The Morgan fingerprint density at radius 3 is 2.21 bits per heavy atom. The van der Waals surface area contributed by atoms with E-state index in [9.17, 15) is 4.79 Å². The van der Waals surface area contributed by atoms with Gasteiger partial charge < -0.3 is 10.2 Å². The molecule has 1 aliphatic carbocycles. The molecule has 24 heavy (non-hydrogen) atoms. The number of nitrogens with zero attached hydrogens (tertiary/aromatic N) is 2. The molecule has 0 atom stereocenters. The first-order valence-corrected chi connectivity index (χ1v) is 9.44. The second-order valence-electron chi connectivity index (χ2n) is 6.84. The van der Waals surface area contributed by atoms with Crippen molar-refractivity contribution in [3.63, 3.8) is 0 Å². The van der Waals surface area contributed by atoms with Crippen LogP contribution in [0.15, 0.2) is 24.3 Å². The summed E-state index contributed by atoms with van der Waals surface area (Å²) in [5.41, 5.74) is 2.48. The van der Waals surface area contributed by atoms with Gasteiger partial charge in [0.2, 0.25) is 0 Å². The van der Waals surface area contributed by atoms with Crippen LogP contribution in [0.3, 0.4) is 0 Å². The lowest BCUT2D eigenvalue weighted by Gasteiger charge is -2.31. The summed E-state index contributed by atoms with van der Waals surface area (Å²) in [5.74, 6) is 0. The van der Waals surface area contributed by atoms with Crippen molar-refractivity contribution in [2.45, 2.75) is 65.1 Å². The molecule has 1 N–H and O–H groups in total. The van der Waals surface area contributed by atoms with E-state index in [4.69, 9.17) is 0 Å². The van der Waals surface area contributed by atoms with Crippen molar-refractivity contribution < 1.29 is 4.79 Å². The van der Waals surface area contributed by atoms with Crippen molar-refractivity contribution >= 4 is 6.03 Å². The van der Waals surface area contributed by atoms with Crippen LogP contribution < -0.4 is 5.32 Å². The number of hydrogen-bond donors (Lipinski definition) is 1. The largest absolute Gasteiger partial charge is 0.334 e. The fourth-order valence-corrected chi connectivity index (χ4v) is 3.40. The van der Waals surface area contributed by atoms with Gasteiger partial charge in [-0.15, -0.1) is 0 Å². The topological polar surface area (TPSA) is 35.6 Å². The molecule has 1 fully saturated rings. The lowest BCUT2D eigenvalue weighted by Crippen LogP contribution is -2.44. The van der Waals surface area contributed by atoms with Gasteiger partial charge in [0.25, 0.3) is 0 Å². The second kappa shape index (κ2) is 9.67. The lowest BCUT2D eigenvalue weighted by molar-refractivity contribution is 0.173. The van der Waals surface area contributed by atoms with Crippen LogP contribution >= 0.6 is 0 Å². The predicted molar refractivity (Wildman–Crippen MR) is 99.9 cm³/mol. The molecule has 1 aliphatic rings. The molecule has 0 saturated heterocycles. The molecule has 0 radical (unpaired) electrons. The third-order valence-corrected chi connectivity index (χ3v) is 5.21. The van der Waals surface area contributed by atoms with Crippen LogP contribution in [0.1, 0.15) is 57.1 Å². The Kier molecular flexibility index (Phi) is 7.57. The van der Waals surface area contributed by atoms with Crippen molar-refractivity contribution in [2.24, 2.45) is 0 Å². The first-order chi connectivity index (χ1) is 11.6. The van der Waals surface area contributed by atoms with Crippen molar-refractivity contribution in [3.05, 3.63) is 35.4 Å². The predicted octanol–water partition coefficient (Wildman–Crippen LogP) is 4.00. The maximum Gasteiger partial charge on any atom is 0.317 e. The van der Waals surface area contributed by atoms with Crippen molar-refractivity contribution in [2.75, 3.05) is 20.1 Å². The fourth-order valence-electron chi connectivity index (χ4n) is 3.40. The number of urea groups is 1. The number of nitrogens with one attached hydrogen (secondary N) is 1. The van der Waals surface area contributed by atoms with Gasteiger partial charge in [-0.1, -0.05) is 57.4 Å². The molecule has 2 rings (SSSR count). The first-order valence-electron chi connectivity index (χ1n) is 9.44. The zero-order chi connectivity index (χ0) is 17.4. The maximum atomic E-state index is 12.3. The van der Waals surface area contributed by atoms with Crippen LogP contribution in [0.25, 0.3) is 0 Å². The average molecular weight is 332 g/mol. The monoisotopic (exact) mass is 331 g/mol. The highest BCUT2D eigenvalue weighted by atomic mass is 16.2. The molecule has 134 valence electrons. The summed E-state index contributed by atoms with van der Waals surface area (Å²) in [6.45, 7) is 8.11. The molecule has 0 aliphatic heterocycles. The number of hydrogen-bond acceptors (Lipinski definition) is 2. The maximum absolute atomic E-state index is 12.3. The van der Waals surface area contributed by atoms with E-state index in [0.29, 0.717) is 12.6 Å². The van der Waals surface area contributed by atoms with E-state index in [0.717, 1.165) is 38.0 Å². The summed E-state index contributed by atoms with van der Waals surface area (Å²) in [4.78, 5) is 16.6. The number of rotatable bonds is 7. The lowest BCUT2D eigenvalue weighted by atomic mass is 9.95. The SMILES string of the molecule is CCN(CC)Cc1ccc(CNC(=O)N(C)C2CCCCC2)cc1. The third kappa shape index (κ3) is 5.52.